The quantitative estimate of drug-likeness (QED) is 0.827. The van der Waals surface area contributed by atoms with Gasteiger partial charge in [-0.1, -0.05) is 13.8 Å². The highest BCUT2D eigenvalue weighted by Gasteiger charge is 2.61. The smallest absolute Gasteiger partial charge is 0.0608 e. The molecule has 0 bridgehead atoms. The van der Waals surface area contributed by atoms with Crippen LogP contribution in [0.1, 0.15) is 65.2 Å². The summed E-state index contributed by atoms with van der Waals surface area (Å²) in [5.74, 6) is 2.93. The molecule has 4 fully saturated rings. The summed E-state index contributed by atoms with van der Waals surface area (Å²) in [4.78, 5) is 0. The Morgan fingerprint density at radius 1 is 0.875 bits per heavy atom. The minimum absolute atomic E-state index is 0.115. The van der Waals surface area contributed by atoms with Crippen LogP contribution < -0.4 is 0 Å². The van der Waals surface area contributed by atoms with E-state index < -0.39 is 0 Å². The van der Waals surface area contributed by atoms with E-state index in [4.69, 9.17) is 9.47 Å². The summed E-state index contributed by atoms with van der Waals surface area (Å²) in [6, 6.07) is 0. The van der Waals surface area contributed by atoms with E-state index in [1.165, 1.54) is 38.5 Å². The molecule has 24 heavy (non-hydrogen) atoms. The van der Waals surface area contributed by atoms with Crippen LogP contribution in [0, 0.1) is 34.5 Å². The molecule has 4 aliphatic rings. The van der Waals surface area contributed by atoms with E-state index in [1.807, 2.05) is 14.2 Å². The van der Waals surface area contributed by atoms with E-state index in [0.29, 0.717) is 29.0 Å². The molecule has 0 amide bonds. The number of rotatable bonds is 2. The van der Waals surface area contributed by atoms with Gasteiger partial charge in [0.15, 0.2) is 0 Å². The molecule has 0 aromatic carbocycles. The highest BCUT2D eigenvalue weighted by atomic mass is 16.5. The third kappa shape index (κ3) is 2.41. The second kappa shape index (κ2) is 5.96. The summed E-state index contributed by atoms with van der Waals surface area (Å²) in [7, 11) is 3.78. The van der Waals surface area contributed by atoms with Crippen molar-refractivity contribution in [2.45, 2.75) is 83.5 Å². The second-order valence-electron chi connectivity index (χ2n) is 9.92. The number of ether oxygens (including phenoxy) is 2. The van der Waals surface area contributed by atoms with Crippen molar-refractivity contribution in [3.8, 4) is 0 Å². The summed E-state index contributed by atoms with van der Waals surface area (Å²) in [5, 5.41) is 10.3. The van der Waals surface area contributed by atoms with Gasteiger partial charge in [-0.3, -0.25) is 0 Å². The van der Waals surface area contributed by atoms with Crippen molar-refractivity contribution < 1.29 is 14.6 Å². The molecule has 138 valence electrons. The molecular weight excluding hydrogens is 300 g/mol. The Kier molecular flexibility index (Phi) is 4.29. The number of fused-ring (bicyclic) bond motifs is 5. The molecule has 3 nitrogen and oxygen atoms in total. The van der Waals surface area contributed by atoms with Gasteiger partial charge >= 0.3 is 0 Å². The minimum atomic E-state index is -0.115. The SMILES string of the molecule is CO[C@@H]1CC2[C@H]3C[C@H](OC)[C@@H]4CC(O)CC[C@@]4(C)[C@@H]3CC[C@@]2(C)C1. The Labute approximate surface area is 147 Å². The first kappa shape index (κ1) is 17.3. The molecule has 2 unspecified atom stereocenters. The zero-order valence-electron chi connectivity index (χ0n) is 16.0. The third-order valence-corrected chi connectivity index (χ3v) is 8.99. The minimum Gasteiger partial charge on any atom is -0.393 e. The van der Waals surface area contributed by atoms with Gasteiger partial charge < -0.3 is 14.6 Å². The summed E-state index contributed by atoms with van der Waals surface area (Å²) in [6.45, 7) is 5.05. The van der Waals surface area contributed by atoms with Crippen molar-refractivity contribution in [2.75, 3.05) is 14.2 Å². The standard InChI is InChI=1S/C21H36O3/c1-20-7-6-16-15(17(20)10-14(12-20)23-3)11-19(24-4)18-9-13(22)5-8-21(16,18)2/h13-19,22H,5-12H2,1-4H3/t13?,14-,15+,16-,17?,18+,19+,20+,21+/m1/s1. The second-order valence-corrected chi connectivity index (χ2v) is 9.92. The maximum Gasteiger partial charge on any atom is 0.0608 e. The molecule has 4 rings (SSSR count). The molecular formula is C21H36O3. The van der Waals surface area contributed by atoms with Crippen molar-refractivity contribution in [2.24, 2.45) is 34.5 Å². The lowest BCUT2D eigenvalue weighted by molar-refractivity contribution is -0.175. The largest absolute Gasteiger partial charge is 0.393 e. The Hall–Kier alpha value is -0.120. The summed E-state index contributed by atoms with van der Waals surface area (Å²) in [6.07, 6.45) is 10.2. The Balaban J connectivity index is 1.65. The van der Waals surface area contributed by atoms with E-state index in [9.17, 15) is 5.11 Å². The molecule has 0 aliphatic heterocycles. The maximum absolute atomic E-state index is 10.3. The average Bonchev–Trinajstić information content (AvgIpc) is 2.92. The van der Waals surface area contributed by atoms with Gasteiger partial charge in [-0.25, -0.2) is 0 Å². The van der Waals surface area contributed by atoms with Crippen molar-refractivity contribution >= 4 is 0 Å². The number of hydrogen-bond acceptors (Lipinski definition) is 3. The van der Waals surface area contributed by atoms with Gasteiger partial charge in [0.1, 0.15) is 0 Å². The zero-order valence-corrected chi connectivity index (χ0v) is 16.0. The molecule has 3 heteroatoms. The van der Waals surface area contributed by atoms with Gasteiger partial charge in [-0.15, -0.1) is 0 Å². The molecule has 0 aromatic rings. The van der Waals surface area contributed by atoms with Crippen molar-refractivity contribution in [3.05, 3.63) is 0 Å². The molecule has 9 atom stereocenters. The lowest BCUT2D eigenvalue weighted by Crippen LogP contribution is -2.58. The Morgan fingerprint density at radius 3 is 2.38 bits per heavy atom. The third-order valence-electron chi connectivity index (χ3n) is 8.99. The monoisotopic (exact) mass is 336 g/mol. The van der Waals surface area contributed by atoms with Crippen molar-refractivity contribution in [1.82, 2.24) is 0 Å². The maximum atomic E-state index is 10.3. The number of aliphatic hydroxyl groups is 1. The van der Waals surface area contributed by atoms with Crippen LogP contribution in [0.4, 0.5) is 0 Å². The Morgan fingerprint density at radius 2 is 1.67 bits per heavy atom. The number of aliphatic hydroxyl groups excluding tert-OH is 1. The zero-order chi connectivity index (χ0) is 17.1. The van der Waals surface area contributed by atoms with Crippen LogP contribution in [0.15, 0.2) is 0 Å². The molecule has 0 radical (unpaired) electrons. The van der Waals surface area contributed by atoms with Gasteiger partial charge in [-0.2, -0.15) is 0 Å². The molecule has 0 spiro atoms. The first-order chi connectivity index (χ1) is 11.4. The van der Waals surface area contributed by atoms with Crippen LogP contribution in [0.2, 0.25) is 0 Å². The Bertz CT molecular complexity index is 480. The fourth-order valence-electron chi connectivity index (χ4n) is 7.68. The fraction of sp³-hybridized carbons (Fsp3) is 1.00. The van der Waals surface area contributed by atoms with Gasteiger partial charge in [-0.05, 0) is 85.9 Å². The topological polar surface area (TPSA) is 38.7 Å². The van der Waals surface area contributed by atoms with Crippen LogP contribution in [0.5, 0.6) is 0 Å². The van der Waals surface area contributed by atoms with Crippen LogP contribution in [-0.2, 0) is 9.47 Å². The molecule has 1 N–H and O–H groups in total. The van der Waals surface area contributed by atoms with Gasteiger partial charge in [0.2, 0.25) is 0 Å². The van der Waals surface area contributed by atoms with E-state index in [-0.39, 0.29) is 6.10 Å². The number of hydrogen-bond donors (Lipinski definition) is 1. The van der Waals surface area contributed by atoms with Gasteiger partial charge in [0, 0.05) is 14.2 Å². The summed E-state index contributed by atoms with van der Waals surface area (Å²) >= 11 is 0. The highest BCUT2D eigenvalue weighted by Crippen LogP contribution is 2.66. The van der Waals surface area contributed by atoms with Crippen molar-refractivity contribution in [3.63, 3.8) is 0 Å². The molecule has 0 saturated heterocycles. The van der Waals surface area contributed by atoms with Crippen LogP contribution >= 0.6 is 0 Å². The van der Waals surface area contributed by atoms with Gasteiger partial charge in [0.05, 0.1) is 18.3 Å². The predicted molar refractivity (Wildman–Crippen MR) is 94.7 cm³/mol. The lowest BCUT2D eigenvalue weighted by atomic mass is 9.44. The molecule has 4 aliphatic carbocycles. The normalized spacial score (nSPS) is 57.1. The van der Waals surface area contributed by atoms with Crippen LogP contribution in [0.25, 0.3) is 0 Å². The van der Waals surface area contributed by atoms with Crippen LogP contribution in [0.3, 0.4) is 0 Å². The van der Waals surface area contributed by atoms with Crippen molar-refractivity contribution in [1.29, 1.82) is 0 Å². The highest BCUT2D eigenvalue weighted by molar-refractivity contribution is 5.10. The van der Waals surface area contributed by atoms with E-state index in [0.717, 1.165) is 30.6 Å². The predicted octanol–water partition coefficient (Wildman–Crippen LogP) is 4.03. The van der Waals surface area contributed by atoms with E-state index >= 15 is 0 Å². The van der Waals surface area contributed by atoms with Gasteiger partial charge in [0.25, 0.3) is 0 Å². The molecule has 4 saturated carbocycles. The average molecular weight is 337 g/mol. The summed E-state index contributed by atoms with van der Waals surface area (Å²) < 4.78 is 11.8. The fourth-order valence-corrected chi connectivity index (χ4v) is 7.68. The first-order valence-corrected chi connectivity index (χ1v) is 10.1. The molecule has 0 aromatic heterocycles. The van der Waals surface area contributed by atoms with E-state index in [2.05, 4.69) is 13.8 Å². The lowest BCUT2D eigenvalue weighted by Gasteiger charge is -2.62. The van der Waals surface area contributed by atoms with Crippen LogP contribution in [-0.4, -0.2) is 37.6 Å². The molecule has 0 heterocycles. The first-order valence-electron chi connectivity index (χ1n) is 10.1. The summed E-state index contributed by atoms with van der Waals surface area (Å²) in [5.41, 5.74) is 0.826. The van der Waals surface area contributed by atoms with E-state index in [1.54, 1.807) is 0 Å². The number of methoxy groups -OCH3 is 2.